The molecular weight excluding hydrogens is 368 g/mol. The Hall–Kier alpha value is -2.77. The summed E-state index contributed by atoms with van der Waals surface area (Å²) < 4.78 is 0. The number of carbonyl (C=O) groups is 5. The summed E-state index contributed by atoms with van der Waals surface area (Å²) >= 11 is 0. The van der Waals surface area contributed by atoms with Crippen LogP contribution in [0.5, 0.6) is 0 Å². The fraction of sp³-hybridized carbons (Fsp3) is 0.643. The summed E-state index contributed by atoms with van der Waals surface area (Å²) in [4.78, 5) is 57.3. The number of hydrogen-bond donors (Lipinski definition) is 8. The molecule has 27 heavy (non-hydrogen) atoms. The third kappa shape index (κ3) is 8.94. The number of nitrogens with two attached hydrogens (primary N) is 1. The molecule has 4 unspecified atom stereocenters. The molecule has 0 aliphatic rings. The third-order valence-electron chi connectivity index (χ3n) is 3.35. The average Bonchev–Trinajstić information content (AvgIpc) is 2.59. The molecule has 0 aromatic carbocycles. The number of hydrogen-bond acceptors (Lipinski definition) is 8. The molecule has 0 aliphatic heterocycles. The first-order valence-electron chi connectivity index (χ1n) is 7.87. The van der Waals surface area contributed by atoms with Crippen molar-refractivity contribution in [3.8, 4) is 0 Å². The largest absolute Gasteiger partial charge is 0.481 e. The van der Waals surface area contributed by atoms with Gasteiger partial charge in [0, 0.05) is 6.42 Å². The molecule has 0 aromatic heterocycles. The minimum Gasteiger partial charge on any atom is -0.481 e. The smallest absolute Gasteiger partial charge is 0.328 e. The summed E-state index contributed by atoms with van der Waals surface area (Å²) in [6.45, 7) is -0.258. The van der Waals surface area contributed by atoms with Gasteiger partial charge in [-0.05, 0) is 13.3 Å². The van der Waals surface area contributed by atoms with Gasteiger partial charge in [0.15, 0.2) is 6.04 Å². The Labute approximate surface area is 153 Å². The molecule has 0 fully saturated rings. The van der Waals surface area contributed by atoms with E-state index < -0.39 is 73.5 Å². The van der Waals surface area contributed by atoms with E-state index in [-0.39, 0.29) is 6.42 Å². The molecule has 13 nitrogen and oxygen atoms in total. The van der Waals surface area contributed by atoms with Crippen molar-refractivity contribution in [2.24, 2.45) is 5.73 Å². The number of aliphatic hydroxyl groups is 2. The van der Waals surface area contributed by atoms with Gasteiger partial charge < -0.3 is 42.1 Å². The highest BCUT2D eigenvalue weighted by molar-refractivity contribution is 5.93. The van der Waals surface area contributed by atoms with Crippen molar-refractivity contribution < 1.29 is 44.4 Å². The predicted octanol–water partition coefficient (Wildman–Crippen LogP) is -4.28. The van der Waals surface area contributed by atoms with Gasteiger partial charge in [0.25, 0.3) is 0 Å². The van der Waals surface area contributed by atoms with Crippen LogP contribution in [0.25, 0.3) is 0 Å². The lowest BCUT2D eigenvalue weighted by molar-refractivity contribution is -0.145. The van der Waals surface area contributed by atoms with Crippen LogP contribution in [0.1, 0.15) is 19.8 Å². The van der Waals surface area contributed by atoms with Crippen molar-refractivity contribution in [1.29, 1.82) is 0 Å². The predicted molar refractivity (Wildman–Crippen MR) is 88.1 cm³/mol. The van der Waals surface area contributed by atoms with E-state index in [1.807, 2.05) is 5.32 Å². The number of aliphatic carboxylic acids is 2. The van der Waals surface area contributed by atoms with E-state index in [2.05, 4.69) is 10.6 Å². The molecule has 0 bridgehead atoms. The number of nitrogens with one attached hydrogen (secondary N) is 3. The number of carboxylic acid groups (broad SMARTS) is 2. The zero-order chi connectivity index (χ0) is 21.1. The topological polar surface area (TPSA) is 228 Å². The van der Waals surface area contributed by atoms with Gasteiger partial charge in [-0.25, -0.2) is 4.79 Å². The van der Waals surface area contributed by atoms with Crippen molar-refractivity contribution in [3.05, 3.63) is 0 Å². The van der Waals surface area contributed by atoms with Crippen molar-refractivity contribution in [3.63, 3.8) is 0 Å². The summed E-state index contributed by atoms with van der Waals surface area (Å²) in [6, 6.07) is -4.62. The SMILES string of the molecule is CC(O)C(NC(=O)C(CO)NC(=O)C(CCC(=O)O)NC(=O)CN)C(=O)O. The molecular formula is C14H24N4O9. The summed E-state index contributed by atoms with van der Waals surface area (Å²) in [5.41, 5.74) is 5.12. The molecule has 0 rings (SSSR count). The Bertz CT molecular complexity index is 567. The number of amides is 3. The highest BCUT2D eigenvalue weighted by Crippen LogP contribution is 2.00. The molecule has 0 radical (unpaired) electrons. The van der Waals surface area contributed by atoms with Gasteiger partial charge >= 0.3 is 11.9 Å². The minimum atomic E-state index is -1.68. The Kier molecular flexibility index (Phi) is 10.6. The van der Waals surface area contributed by atoms with Crippen molar-refractivity contribution in [2.75, 3.05) is 13.2 Å². The summed E-state index contributed by atoms with van der Waals surface area (Å²) in [6.07, 6.45) is -2.23. The lowest BCUT2D eigenvalue weighted by atomic mass is 10.1. The molecule has 154 valence electrons. The van der Waals surface area contributed by atoms with Gasteiger partial charge in [0.2, 0.25) is 17.7 Å². The number of aliphatic hydroxyl groups excluding tert-OH is 2. The molecule has 0 aromatic rings. The van der Waals surface area contributed by atoms with E-state index in [1.165, 1.54) is 0 Å². The second-order valence-corrected chi connectivity index (χ2v) is 5.57. The maximum atomic E-state index is 12.2. The molecule has 0 saturated carbocycles. The Balaban J connectivity index is 5.10. The van der Waals surface area contributed by atoms with Gasteiger partial charge in [0.05, 0.1) is 19.3 Å². The maximum absolute atomic E-state index is 12.2. The Morgan fingerprint density at radius 2 is 1.52 bits per heavy atom. The zero-order valence-corrected chi connectivity index (χ0v) is 14.5. The molecule has 9 N–H and O–H groups in total. The Morgan fingerprint density at radius 3 is 1.93 bits per heavy atom. The van der Waals surface area contributed by atoms with E-state index in [9.17, 15) is 34.2 Å². The zero-order valence-electron chi connectivity index (χ0n) is 14.5. The molecule has 3 amide bonds. The highest BCUT2D eigenvalue weighted by atomic mass is 16.4. The first kappa shape index (κ1) is 24.2. The average molecular weight is 392 g/mol. The second-order valence-electron chi connectivity index (χ2n) is 5.57. The molecule has 13 heteroatoms. The summed E-state index contributed by atoms with van der Waals surface area (Å²) in [5.74, 6) is -5.58. The van der Waals surface area contributed by atoms with Gasteiger partial charge in [-0.3, -0.25) is 19.2 Å². The fourth-order valence-corrected chi connectivity index (χ4v) is 1.90. The van der Waals surface area contributed by atoms with Crippen molar-refractivity contribution in [2.45, 2.75) is 44.0 Å². The standard InChI is InChI=1S/C14H24N4O9/c1-6(20)11(14(26)27)18-13(25)8(5-19)17-12(24)7(2-3-10(22)23)16-9(21)4-15/h6-8,11,19-20H,2-5,15H2,1H3,(H,16,21)(H,17,24)(H,18,25)(H,22,23)(H,26,27). The highest BCUT2D eigenvalue weighted by Gasteiger charge is 2.31. The summed E-state index contributed by atoms with van der Waals surface area (Å²) in [7, 11) is 0. The first-order valence-corrected chi connectivity index (χ1v) is 7.87. The van der Waals surface area contributed by atoms with E-state index in [0.717, 1.165) is 6.92 Å². The van der Waals surface area contributed by atoms with Crippen LogP contribution >= 0.6 is 0 Å². The van der Waals surface area contributed by atoms with Crippen LogP contribution in [0.4, 0.5) is 0 Å². The second kappa shape index (κ2) is 11.8. The van der Waals surface area contributed by atoms with Crippen LogP contribution in [0.3, 0.4) is 0 Å². The van der Waals surface area contributed by atoms with Gasteiger partial charge in [-0.2, -0.15) is 0 Å². The molecule has 0 heterocycles. The van der Waals surface area contributed by atoms with Gasteiger partial charge in [-0.15, -0.1) is 0 Å². The van der Waals surface area contributed by atoms with Gasteiger partial charge in [0.1, 0.15) is 12.1 Å². The lowest BCUT2D eigenvalue weighted by Crippen LogP contribution is -2.58. The van der Waals surface area contributed by atoms with E-state index in [0.29, 0.717) is 0 Å². The Morgan fingerprint density at radius 1 is 0.963 bits per heavy atom. The lowest BCUT2D eigenvalue weighted by Gasteiger charge is -2.24. The molecule has 4 atom stereocenters. The van der Waals surface area contributed by atoms with E-state index in [1.54, 1.807) is 0 Å². The van der Waals surface area contributed by atoms with Crippen LogP contribution in [0.15, 0.2) is 0 Å². The number of carbonyl (C=O) groups excluding carboxylic acids is 3. The third-order valence-corrected chi connectivity index (χ3v) is 3.35. The first-order chi connectivity index (χ1) is 12.5. The van der Waals surface area contributed by atoms with Crippen LogP contribution in [-0.4, -0.2) is 87.5 Å². The minimum absolute atomic E-state index is 0.307. The summed E-state index contributed by atoms with van der Waals surface area (Å²) in [5, 5.41) is 42.5. The van der Waals surface area contributed by atoms with Gasteiger partial charge in [-0.1, -0.05) is 0 Å². The van der Waals surface area contributed by atoms with Crippen LogP contribution < -0.4 is 21.7 Å². The number of carboxylic acids is 2. The maximum Gasteiger partial charge on any atom is 0.328 e. The van der Waals surface area contributed by atoms with Crippen molar-refractivity contribution in [1.82, 2.24) is 16.0 Å². The normalized spacial score (nSPS) is 15.0. The quantitative estimate of drug-likeness (QED) is 0.159. The molecule has 0 aliphatic carbocycles. The molecule has 0 spiro atoms. The van der Waals surface area contributed by atoms with Crippen LogP contribution in [0.2, 0.25) is 0 Å². The number of rotatable bonds is 12. The molecule has 0 saturated heterocycles. The van der Waals surface area contributed by atoms with E-state index in [4.69, 9.17) is 15.9 Å². The van der Waals surface area contributed by atoms with Crippen LogP contribution in [0, 0.1) is 0 Å². The fourth-order valence-electron chi connectivity index (χ4n) is 1.90. The van der Waals surface area contributed by atoms with Crippen LogP contribution in [-0.2, 0) is 24.0 Å². The van der Waals surface area contributed by atoms with Crippen molar-refractivity contribution >= 4 is 29.7 Å². The monoisotopic (exact) mass is 392 g/mol. The van der Waals surface area contributed by atoms with E-state index >= 15 is 0 Å².